The molecule has 1 aromatic heterocycles. The Balaban J connectivity index is 2.90. The number of nitrogen functional groups attached to an aromatic ring is 1. The van der Waals surface area contributed by atoms with Gasteiger partial charge in [0.25, 0.3) is 0 Å². The normalized spacial score (nSPS) is 12.5. The van der Waals surface area contributed by atoms with Crippen LogP contribution in [0.25, 0.3) is 0 Å². The van der Waals surface area contributed by atoms with Crippen LogP contribution in [0, 0.1) is 0 Å². The molecule has 0 fully saturated rings. The lowest BCUT2D eigenvalue weighted by Crippen LogP contribution is -2.07. The summed E-state index contributed by atoms with van der Waals surface area (Å²) in [6.07, 6.45) is 0.877. The fourth-order valence-corrected chi connectivity index (χ4v) is 1.08. The van der Waals surface area contributed by atoms with E-state index < -0.39 is 5.97 Å². The molecule has 0 saturated carbocycles. The summed E-state index contributed by atoms with van der Waals surface area (Å²) < 4.78 is 9.99. The molecule has 15 heavy (non-hydrogen) atoms. The van der Waals surface area contributed by atoms with Crippen molar-refractivity contribution >= 4 is 11.9 Å². The molecule has 0 amide bonds. The number of anilines is 1. The highest BCUT2D eigenvalue weighted by atomic mass is 16.5. The van der Waals surface area contributed by atoms with Crippen LogP contribution in [0.2, 0.25) is 0 Å². The molecule has 0 aliphatic rings. The van der Waals surface area contributed by atoms with Gasteiger partial charge in [-0.1, -0.05) is 13.8 Å². The molecule has 0 bridgehead atoms. The zero-order valence-electron chi connectivity index (χ0n) is 9.24. The van der Waals surface area contributed by atoms with E-state index in [1.165, 1.54) is 0 Å². The van der Waals surface area contributed by atoms with Gasteiger partial charge in [-0.05, 0) is 13.3 Å². The van der Waals surface area contributed by atoms with Crippen LogP contribution in [0.4, 0.5) is 5.88 Å². The van der Waals surface area contributed by atoms with Crippen LogP contribution in [0.15, 0.2) is 4.42 Å². The molecule has 1 unspecified atom stereocenters. The third-order valence-electron chi connectivity index (χ3n) is 2.17. The van der Waals surface area contributed by atoms with Gasteiger partial charge in [-0.2, -0.15) is 0 Å². The summed E-state index contributed by atoms with van der Waals surface area (Å²) in [5.74, 6) is 0.130. The maximum absolute atomic E-state index is 11.4. The highest BCUT2D eigenvalue weighted by Gasteiger charge is 2.21. The summed E-state index contributed by atoms with van der Waals surface area (Å²) in [4.78, 5) is 15.4. The van der Waals surface area contributed by atoms with Crippen molar-refractivity contribution in [2.24, 2.45) is 0 Å². The highest BCUT2D eigenvalue weighted by Crippen LogP contribution is 2.23. The molecule has 0 aliphatic carbocycles. The van der Waals surface area contributed by atoms with E-state index in [0.29, 0.717) is 12.5 Å². The average molecular weight is 212 g/mol. The molecule has 2 N–H and O–H groups in total. The third kappa shape index (κ3) is 2.49. The molecular formula is C10H16N2O3. The Bertz CT molecular complexity index is 346. The topological polar surface area (TPSA) is 78.3 Å². The van der Waals surface area contributed by atoms with Gasteiger partial charge in [-0.15, -0.1) is 0 Å². The number of esters is 1. The van der Waals surface area contributed by atoms with Gasteiger partial charge in [0.1, 0.15) is 0 Å². The summed E-state index contributed by atoms with van der Waals surface area (Å²) in [5.41, 5.74) is 5.61. The van der Waals surface area contributed by atoms with Gasteiger partial charge in [0.15, 0.2) is 0 Å². The van der Waals surface area contributed by atoms with Gasteiger partial charge in [0.2, 0.25) is 17.5 Å². The number of carbonyl (C=O) groups excluding carboxylic acids is 1. The number of oxazole rings is 1. The van der Waals surface area contributed by atoms with E-state index in [2.05, 4.69) is 4.98 Å². The number of hydrogen-bond donors (Lipinski definition) is 1. The minimum atomic E-state index is -0.534. The molecule has 1 rings (SSSR count). The van der Waals surface area contributed by atoms with Crippen LogP contribution in [-0.4, -0.2) is 17.6 Å². The second kappa shape index (κ2) is 4.82. The second-order valence-corrected chi connectivity index (χ2v) is 3.29. The largest absolute Gasteiger partial charge is 0.461 e. The average Bonchev–Trinajstić information content (AvgIpc) is 2.59. The Hall–Kier alpha value is -1.52. The molecule has 84 valence electrons. The van der Waals surface area contributed by atoms with E-state index in [1.54, 1.807) is 6.92 Å². The van der Waals surface area contributed by atoms with Crippen molar-refractivity contribution < 1.29 is 13.9 Å². The molecular weight excluding hydrogens is 196 g/mol. The van der Waals surface area contributed by atoms with Crippen LogP contribution < -0.4 is 5.73 Å². The lowest BCUT2D eigenvalue weighted by Gasteiger charge is -2.00. The number of aromatic nitrogens is 1. The fourth-order valence-electron chi connectivity index (χ4n) is 1.08. The van der Waals surface area contributed by atoms with Crippen LogP contribution in [0.3, 0.4) is 0 Å². The number of carbonyl (C=O) groups is 1. The summed E-state index contributed by atoms with van der Waals surface area (Å²) >= 11 is 0. The predicted molar refractivity (Wildman–Crippen MR) is 55.6 cm³/mol. The molecule has 0 aliphatic heterocycles. The van der Waals surface area contributed by atoms with E-state index in [-0.39, 0.29) is 17.5 Å². The monoisotopic (exact) mass is 212 g/mol. The van der Waals surface area contributed by atoms with Crippen LogP contribution >= 0.6 is 0 Å². The standard InChI is InChI=1S/C10H16N2O3/c1-4-6(3)9-12-7(8(11)15-9)10(13)14-5-2/h6H,4-5,11H2,1-3H3. The van der Waals surface area contributed by atoms with Crippen LogP contribution in [0.1, 0.15) is 49.5 Å². The summed E-state index contributed by atoms with van der Waals surface area (Å²) in [6, 6.07) is 0. The van der Waals surface area contributed by atoms with E-state index in [1.807, 2.05) is 13.8 Å². The minimum Gasteiger partial charge on any atom is -0.461 e. The number of rotatable bonds is 4. The summed E-state index contributed by atoms with van der Waals surface area (Å²) in [5, 5.41) is 0. The van der Waals surface area contributed by atoms with Gasteiger partial charge in [-0.25, -0.2) is 9.78 Å². The minimum absolute atomic E-state index is 0.0313. The fraction of sp³-hybridized carbons (Fsp3) is 0.600. The Morgan fingerprint density at radius 2 is 2.27 bits per heavy atom. The summed E-state index contributed by atoms with van der Waals surface area (Å²) in [7, 11) is 0. The van der Waals surface area contributed by atoms with Crippen molar-refractivity contribution in [1.29, 1.82) is 0 Å². The molecule has 1 heterocycles. The molecule has 0 spiro atoms. The lowest BCUT2D eigenvalue weighted by atomic mass is 10.1. The zero-order valence-corrected chi connectivity index (χ0v) is 9.24. The SMILES string of the molecule is CCOC(=O)c1nc(C(C)CC)oc1N. The first kappa shape index (κ1) is 11.6. The molecule has 0 saturated heterocycles. The van der Waals surface area contributed by atoms with Gasteiger partial charge < -0.3 is 14.9 Å². The van der Waals surface area contributed by atoms with Crippen LogP contribution in [-0.2, 0) is 4.74 Å². The van der Waals surface area contributed by atoms with E-state index >= 15 is 0 Å². The Morgan fingerprint density at radius 1 is 1.60 bits per heavy atom. The molecule has 1 atom stereocenters. The maximum atomic E-state index is 11.4. The number of nitrogens with two attached hydrogens (primary N) is 1. The first-order chi connectivity index (χ1) is 7.10. The van der Waals surface area contributed by atoms with Crippen molar-refractivity contribution in [3.8, 4) is 0 Å². The Labute approximate surface area is 88.6 Å². The maximum Gasteiger partial charge on any atom is 0.362 e. The molecule has 5 nitrogen and oxygen atoms in total. The van der Waals surface area contributed by atoms with E-state index in [0.717, 1.165) is 6.42 Å². The summed E-state index contributed by atoms with van der Waals surface area (Å²) in [6.45, 7) is 5.99. The van der Waals surface area contributed by atoms with E-state index in [9.17, 15) is 4.79 Å². The number of nitrogens with zero attached hydrogens (tertiary/aromatic N) is 1. The quantitative estimate of drug-likeness (QED) is 0.771. The van der Waals surface area contributed by atoms with Crippen molar-refractivity contribution in [1.82, 2.24) is 4.98 Å². The molecule has 1 aromatic rings. The van der Waals surface area contributed by atoms with Crippen LogP contribution in [0.5, 0.6) is 0 Å². The Morgan fingerprint density at radius 3 is 2.80 bits per heavy atom. The lowest BCUT2D eigenvalue weighted by molar-refractivity contribution is 0.0521. The molecule has 0 aromatic carbocycles. The van der Waals surface area contributed by atoms with Gasteiger partial charge in [0, 0.05) is 5.92 Å². The first-order valence-electron chi connectivity index (χ1n) is 5.03. The second-order valence-electron chi connectivity index (χ2n) is 3.29. The van der Waals surface area contributed by atoms with Crippen molar-refractivity contribution in [3.63, 3.8) is 0 Å². The van der Waals surface area contributed by atoms with Crippen molar-refractivity contribution in [2.75, 3.05) is 12.3 Å². The van der Waals surface area contributed by atoms with Gasteiger partial charge in [0.05, 0.1) is 6.61 Å². The smallest absolute Gasteiger partial charge is 0.362 e. The van der Waals surface area contributed by atoms with Crippen molar-refractivity contribution in [2.45, 2.75) is 33.1 Å². The van der Waals surface area contributed by atoms with Gasteiger partial charge >= 0.3 is 5.97 Å². The van der Waals surface area contributed by atoms with Crippen molar-refractivity contribution in [3.05, 3.63) is 11.6 Å². The van der Waals surface area contributed by atoms with Gasteiger partial charge in [-0.3, -0.25) is 0 Å². The zero-order chi connectivity index (χ0) is 11.4. The van der Waals surface area contributed by atoms with E-state index in [4.69, 9.17) is 14.9 Å². The number of ether oxygens (including phenoxy) is 1. The highest BCUT2D eigenvalue weighted by molar-refractivity contribution is 5.91. The molecule has 0 radical (unpaired) electrons. The third-order valence-corrected chi connectivity index (χ3v) is 2.17. The number of hydrogen-bond acceptors (Lipinski definition) is 5. The molecule has 5 heteroatoms. The predicted octanol–water partition coefficient (Wildman–Crippen LogP) is 1.95. The Kier molecular flexibility index (Phi) is 3.71. The first-order valence-corrected chi connectivity index (χ1v) is 5.03.